The molecule has 1 saturated heterocycles. The summed E-state index contributed by atoms with van der Waals surface area (Å²) >= 11 is 3.36. The number of nitrogens with zero attached hydrogens (tertiary/aromatic N) is 4. The highest BCUT2D eigenvalue weighted by atomic mass is 79.9. The van der Waals surface area contributed by atoms with Crippen molar-refractivity contribution in [2.45, 2.75) is 0 Å². The molecular formula is C15H18BrN5O. The highest BCUT2D eigenvalue weighted by Gasteiger charge is 2.21. The molecule has 2 aromatic rings. The van der Waals surface area contributed by atoms with E-state index in [0.717, 1.165) is 17.7 Å². The summed E-state index contributed by atoms with van der Waals surface area (Å²) in [6, 6.07) is 12.0. The average Bonchev–Trinajstić information content (AvgIpc) is 2.86. The molecule has 1 aliphatic heterocycles. The minimum Gasteiger partial charge on any atom is -0.368 e. The van der Waals surface area contributed by atoms with Gasteiger partial charge in [0.15, 0.2) is 5.82 Å². The van der Waals surface area contributed by atoms with Gasteiger partial charge in [-0.3, -0.25) is 10.00 Å². The average molecular weight is 364 g/mol. The van der Waals surface area contributed by atoms with E-state index in [1.165, 1.54) is 5.69 Å². The minimum absolute atomic E-state index is 0.0988. The van der Waals surface area contributed by atoms with Crippen LogP contribution >= 0.6 is 15.9 Å². The third-order valence-corrected chi connectivity index (χ3v) is 4.49. The largest absolute Gasteiger partial charge is 0.368 e. The fraction of sp³-hybridized carbons (Fsp3) is 0.333. The van der Waals surface area contributed by atoms with Crippen LogP contribution in [0.1, 0.15) is 0 Å². The van der Waals surface area contributed by atoms with E-state index in [-0.39, 0.29) is 6.03 Å². The number of benzene rings is 1. The summed E-state index contributed by atoms with van der Waals surface area (Å²) in [5, 5.41) is 7.04. The Bertz CT molecular complexity index is 630. The number of urea groups is 1. The number of halogens is 1. The van der Waals surface area contributed by atoms with Crippen LogP contribution in [0.5, 0.6) is 0 Å². The molecule has 0 atom stereocenters. The van der Waals surface area contributed by atoms with Crippen molar-refractivity contribution in [2.75, 3.05) is 36.4 Å². The lowest BCUT2D eigenvalue weighted by atomic mass is 10.2. The van der Waals surface area contributed by atoms with E-state index < -0.39 is 0 Å². The van der Waals surface area contributed by atoms with Crippen LogP contribution in [0.3, 0.4) is 0 Å². The summed E-state index contributed by atoms with van der Waals surface area (Å²) in [4.78, 5) is 16.4. The van der Waals surface area contributed by atoms with Crippen molar-refractivity contribution in [3.63, 3.8) is 0 Å². The molecular weight excluding hydrogens is 346 g/mol. The molecule has 3 rings (SSSR count). The van der Waals surface area contributed by atoms with Crippen LogP contribution in [0.2, 0.25) is 0 Å². The zero-order valence-corrected chi connectivity index (χ0v) is 14.0. The van der Waals surface area contributed by atoms with E-state index >= 15 is 0 Å². The van der Waals surface area contributed by atoms with Gasteiger partial charge in [-0.05, 0) is 28.1 Å². The van der Waals surface area contributed by atoms with Crippen LogP contribution in [0.4, 0.5) is 16.3 Å². The Balaban J connectivity index is 1.56. The molecule has 1 fully saturated rings. The Hall–Kier alpha value is -2.02. The number of hydrogen-bond acceptors (Lipinski definition) is 3. The van der Waals surface area contributed by atoms with E-state index in [9.17, 15) is 4.79 Å². The molecule has 1 aromatic heterocycles. The normalized spacial score (nSPS) is 15.0. The number of rotatable bonds is 2. The number of amides is 2. The van der Waals surface area contributed by atoms with Crippen molar-refractivity contribution < 1.29 is 4.79 Å². The first-order valence-electron chi connectivity index (χ1n) is 7.19. The number of anilines is 2. The Morgan fingerprint density at radius 3 is 2.45 bits per heavy atom. The fourth-order valence-electron chi connectivity index (χ4n) is 2.50. The Morgan fingerprint density at radius 2 is 1.86 bits per heavy atom. The summed E-state index contributed by atoms with van der Waals surface area (Å²) < 4.78 is 2.50. The maximum atomic E-state index is 12.3. The first kappa shape index (κ1) is 14.9. The molecule has 7 heteroatoms. The first-order chi connectivity index (χ1) is 10.6. The van der Waals surface area contributed by atoms with Crippen LogP contribution < -0.4 is 10.2 Å². The van der Waals surface area contributed by atoms with Gasteiger partial charge in [0, 0.05) is 45.0 Å². The number of carbonyl (C=O) groups is 1. The van der Waals surface area contributed by atoms with Gasteiger partial charge in [0.25, 0.3) is 0 Å². The predicted octanol–water partition coefficient (Wildman–Crippen LogP) is 2.54. The topological polar surface area (TPSA) is 53.4 Å². The monoisotopic (exact) mass is 363 g/mol. The van der Waals surface area contributed by atoms with E-state index in [4.69, 9.17) is 0 Å². The van der Waals surface area contributed by atoms with Gasteiger partial charge >= 0.3 is 6.03 Å². The number of piperazine rings is 1. The van der Waals surface area contributed by atoms with Crippen LogP contribution in [-0.2, 0) is 7.05 Å². The SMILES string of the molecule is Cn1nc(NC(=O)N2CCN(c3ccccc3)CC2)cc1Br. The Labute approximate surface area is 137 Å². The van der Waals surface area contributed by atoms with Crippen LogP contribution in [0, 0.1) is 0 Å². The number of aromatic nitrogens is 2. The van der Waals surface area contributed by atoms with Crippen LogP contribution in [0.15, 0.2) is 41.0 Å². The molecule has 0 aliphatic carbocycles. The van der Waals surface area contributed by atoms with Gasteiger partial charge in [-0.1, -0.05) is 18.2 Å². The summed E-state index contributed by atoms with van der Waals surface area (Å²) in [7, 11) is 1.82. The van der Waals surface area contributed by atoms with Gasteiger partial charge in [0.2, 0.25) is 0 Å². The quantitative estimate of drug-likeness (QED) is 0.891. The number of nitrogens with one attached hydrogen (secondary N) is 1. The second kappa shape index (κ2) is 6.39. The van der Waals surface area contributed by atoms with Crippen molar-refractivity contribution in [1.82, 2.24) is 14.7 Å². The first-order valence-corrected chi connectivity index (χ1v) is 7.98. The molecule has 2 amide bonds. The maximum Gasteiger partial charge on any atom is 0.323 e. The summed E-state index contributed by atoms with van der Waals surface area (Å²) in [6.07, 6.45) is 0. The van der Waals surface area contributed by atoms with Crippen LogP contribution in [0.25, 0.3) is 0 Å². The lowest BCUT2D eigenvalue weighted by Crippen LogP contribution is -2.50. The van der Waals surface area contributed by atoms with E-state index in [1.807, 2.05) is 30.1 Å². The number of hydrogen-bond donors (Lipinski definition) is 1. The van der Waals surface area contributed by atoms with Gasteiger partial charge in [0.05, 0.1) is 0 Å². The Morgan fingerprint density at radius 1 is 1.18 bits per heavy atom. The summed E-state index contributed by atoms with van der Waals surface area (Å²) in [5.41, 5.74) is 1.20. The highest BCUT2D eigenvalue weighted by molar-refractivity contribution is 9.10. The molecule has 0 bridgehead atoms. The Kier molecular flexibility index (Phi) is 4.33. The predicted molar refractivity (Wildman–Crippen MR) is 90.2 cm³/mol. The van der Waals surface area contributed by atoms with Crippen molar-refractivity contribution in [3.05, 3.63) is 41.0 Å². The highest BCUT2D eigenvalue weighted by Crippen LogP contribution is 2.17. The second-order valence-electron chi connectivity index (χ2n) is 5.22. The lowest BCUT2D eigenvalue weighted by Gasteiger charge is -2.35. The molecule has 1 N–H and O–H groups in total. The molecule has 1 aromatic carbocycles. The standard InChI is InChI=1S/C15H18BrN5O/c1-19-13(16)11-14(18-19)17-15(22)21-9-7-20(8-10-21)12-5-3-2-4-6-12/h2-6,11H,7-10H2,1H3,(H,17,18,22). The van der Waals surface area contributed by atoms with E-state index in [1.54, 1.807) is 10.7 Å². The number of carbonyl (C=O) groups excluding carboxylic acids is 1. The smallest absolute Gasteiger partial charge is 0.323 e. The van der Waals surface area contributed by atoms with Gasteiger partial charge in [-0.2, -0.15) is 5.10 Å². The van der Waals surface area contributed by atoms with Crippen molar-refractivity contribution in [3.8, 4) is 0 Å². The lowest BCUT2D eigenvalue weighted by molar-refractivity contribution is 0.208. The molecule has 2 heterocycles. The van der Waals surface area contributed by atoms with Crippen molar-refractivity contribution in [1.29, 1.82) is 0 Å². The van der Waals surface area contributed by atoms with E-state index in [0.29, 0.717) is 18.9 Å². The minimum atomic E-state index is -0.0988. The molecule has 0 unspecified atom stereocenters. The van der Waals surface area contributed by atoms with Gasteiger partial charge in [-0.15, -0.1) is 0 Å². The van der Waals surface area contributed by atoms with Crippen molar-refractivity contribution in [2.24, 2.45) is 7.05 Å². The third kappa shape index (κ3) is 3.24. The fourth-order valence-corrected chi connectivity index (χ4v) is 2.80. The van der Waals surface area contributed by atoms with Gasteiger partial charge in [0.1, 0.15) is 4.60 Å². The molecule has 6 nitrogen and oxygen atoms in total. The zero-order valence-electron chi connectivity index (χ0n) is 12.4. The molecule has 116 valence electrons. The third-order valence-electron chi connectivity index (χ3n) is 3.75. The molecule has 0 saturated carbocycles. The second-order valence-corrected chi connectivity index (χ2v) is 6.03. The molecule has 1 aliphatic rings. The number of para-hydroxylation sites is 1. The zero-order chi connectivity index (χ0) is 15.5. The van der Waals surface area contributed by atoms with Gasteiger partial charge < -0.3 is 9.80 Å². The van der Waals surface area contributed by atoms with Crippen LogP contribution in [-0.4, -0.2) is 46.9 Å². The summed E-state index contributed by atoms with van der Waals surface area (Å²) in [5.74, 6) is 0.560. The maximum absolute atomic E-state index is 12.3. The van der Waals surface area contributed by atoms with Crippen molar-refractivity contribution >= 4 is 33.5 Å². The van der Waals surface area contributed by atoms with E-state index in [2.05, 4.69) is 43.4 Å². The molecule has 0 radical (unpaired) electrons. The molecule has 0 spiro atoms. The van der Waals surface area contributed by atoms with Gasteiger partial charge in [-0.25, -0.2) is 4.79 Å². The summed E-state index contributed by atoms with van der Waals surface area (Å²) in [6.45, 7) is 3.08. The number of aryl methyl sites for hydroxylation is 1. The molecule has 22 heavy (non-hydrogen) atoms.